The van der Waals surface area contributed by atoms with Crippen LogP contribution < -0.4 is 5.32 Å². The molecule has 0 amide bonds. The monoisotopic (exact) mass is 221 g/mol. The zero-order valence-corrected chi connectivity index (χ0v) is 10.8. The number of nitrogens with one attached hydrogen (secondary N) is 1. The van der Waals surface area contributed by atoms with E-state index in [1.165, 1.54) is 64.2 Å². The Kier molecular flexibility index (Phi) is 4.90. The summed E-state index contributed by atoms with van der Waals surface area (Å²) in [6.45, 7) is 0. The Morgan fingerprint density at radius 1 is 1.25 bits per heavy atom. The van der Waals surface area contributed by atoms with Crippen molar-refractivity contribution in [3.8, 4) is 0 Å². The molecule has 0 saturated heterocycles. The third-order valence-electron chi connectivity index (χ3n) is 4.46. The normalized spacial score (nSPS) is 24.4. The van der Waals surface area contributed by atoms with Crippen molar-refractivity contribution < 1.29 is 0 Å². The van der Waals surface area contributed by atoms with E-state index in [4.69, 9.17) is 0 Å². The molecule has 0 heterocycles. The average Bonchev–Trinajstić information content (AvgIpc) is 2.85. The third-order valence-corrected chi connectivity index (χ3v) is 4.46. The minimum atomic E-state index is 0.685. The molecule has 1 heteroatoms. The van der Waals surface area contributed by atoms with Crippen LogP contribution in [0.1, 0.15) is 64.2 Å². The van der Waals surface area contributed by atoms with Crippen molar-refractivity contribution in [3.63, 3.8) is 0 Å². The van der Waals surface area contributed by atoms with Crippen LogP contribution >= 0.6 is 0 Å². The van der Waals surface area contributed by atoms with E-state index in [-0.39, 0.29) is 0 Å². The first-order chi connectivity index (χ1) is 7.90. The highest BCUT2D eigenvalue weighted by atomic mass is 14.9. The highest BCUT2D eigenvalue weighted by Gasteiger charge is 2.18. The number of likely N-dealkylation sites (N-methyl/N-ethyl adjacent to an activating group) is 1. The van der Waals surface area contributed by atoms with Gasteiger partial charge in [-0.2, -0.15) is 0 Å². The Morgan fingerprint density at radius 2 is 2.06 bits per heavy atom. The van der Waals surface area contributed by atoms with Crippen molar-refractivity contribution in [2.45, 2.75) is 70.3 Å². The van der Waals surface area contributed by atoms with Crippen LogP contribution in [-0.2, 0) is 0 Å². The highest BCUT2D eigenvalue weighted by molar-refractivity contribution is 5.14. The van der Waals surface area contributed by atoms with Gasteiger partial charge in [-0.25, -0.2) is 0 Å². The van der Waals surface area contributed by atoms with E-state index in [0.717, 1.165) is 5.92 Å². The van der Waals surface area contributed by atoms with E-state index in [0.29, 0.717) is 6.04 Å². The summed E-state index contributed by atoms with van der Waals surface area (Å²) in [6, 6.07) is 0.685. The predicted octanol–water partition coefficient (Wildman–Crippen LogP) is 4.05. The van der Waals surface area contributed by atoms with Crippen molar-refractivity contribution in [1.82, 2.24) is 5.32 Å². The maximum atomic E-state index is 3.52. The molecular formula is C15H27N. The van der Waals surface area contributed by atoms with Crippen LogP contribution in [0.15, 0.2) is 11.6 Å². The lowest BCUT2D eigenvalue weighted by Gasteiger charge is -2.24. The van der Waals surface area contributed by atoms with Gasteiger partial charge >= 0.3 is 0 Å². The molecule has 0 aromatic carbocycles. The van der Waals surface area contributed by atoms with Gasteiger partial charge in [-0.15, -0.1) is 0 Å². The molecule has 2 aliphatic carbocycles. The van der Waals surface area contributed by atoms with Crippen LogP contribution in [-0.4, -0.2) is 13.1 Å². The van der Waals surface area contributed by atoms with Crippen molar-refractivity contribution >= 4 is 0 Å². The number of hydrogen-bond acceptors (Lipinski definition) is 1. The Hall–Kier alpha value is -0.300. The SMILES string of the molecule is CNC(CCC1CCCCC1)C1=CCCC1. The van der Waals surface area contributed by atoms with Gasteiger partial charge in [-0.1, -0.05) is 43.8 Å². The maximum Gasteiger partial charge on any atom is 0.0276 e. The second kappa shape index (κ2) is 6.44. The second-order valence-corrected chi connectivity index (χ2v) is 5.59. The molecule has 92 valence electrons. The summed E-state index contributed by atoms with van der Waals surface area (Å²) in [4.78, 5) is 0. The molecule has 0 radical (unpaired) electrons. The summed E-state index contributed by atoms with van der Waals surface area (Å²) in [5, 5.41) is 3.52. The molecule has 0 aromatic rings. The zero-order valence-electron chi connectivity index (χ0n) is 10.8. The summed E-state index contributed by atoms with van der Waals surface area (Å²) < 4.78 is 0. The number of hydrogen-bond donors (Lipinski definition) is 1. The van der Waals surface area contributed by atoms with Crippen molar-refractivity contribution in [2.75, 3.05) is 7.05 Å². The topological polar surface area (TPSA) is 12.0 Å². The van der Waals surface area contributed by atoms with Crippen LogP contribution in [0.2, 0.25) is 0 Å². The zero-order chi connectivity index (χ0) is 11.2. The molecule has 1 nitrogen and oxygen atoms in total. The van der Waals surface area contributed by atoms with Crippen LogP contribution in [0.5, 0.6) is 0 Å². The first kappa shape index (κ1) is 12.2. The molecule has 0 aromatic heterocycles. The highest BCUT2D eigenvalue weighted by Crippen LogP contribution is 2.30. The lowest BCUT2D eigenvalue weighted by molar-refractivity contribution is 0.322. The van der Waals surface area contributed by atoms with Gasteiger partial charge in [-0.05, 0) is 45.1 Å². The van der Waals surface area contributed by atoms with Gasteiger partial charge in [0.2, 0.25) is 0 Å². The second-order valence-electron chi connectivity index (χ2n) is 5.59. The summed E-state index contributed by atoms with van der Waals surface area (Å²) in [6.07, 6.45) is 16.8. The summed E-state index contributed by atoms with van der Waals surface area (Å²) >= 11 is 0. The maximum absolute atomic E-state index is 3.52. The molecule has 1 N–H and O–H groups in total. The van der Waals surface area contributed by atoms with Gasteiger partial charge in [0.1, 0.15) is 0 Å². The average molecular weight is 221 g/mol. The standard InChI is InChI=1S/C15H27N/c1-16-15(14-9-5-6-10-14)12-11-13-7-3-2-4-8-13/h9,13,15-16H,2-8,10-12H2,1H3. The molecule has 0 bridgehead atoms. The largest absolute Gasteiger partial charge is 0.313 e. The molecule has 1 saturated carbocycles. The minimum absolute atomic E-state index is 0.685. The first-order valence-electron chi connectivity index (χ1n) is 7.26. The molecule has 1 fully saturated rings. The summed E-state index contributed by atoms with van der Waals surface area (Å²) in [5.41, 5.74) is 1.69. The summed E-state index contributed by atoms with van der Waals surface area (Å²) in [5.74, 6) is 1.03. The molecule has 16 heavy (non-hydrogen) atoms. The van der Waals surface area contributed by atoms with E-state index < -0.39 is 0 Å². The van der Waals surface area contributed by atoms with Crippen LogP contribution in [0, 0.1) is 5.92 Å². The molecule has 1 unspecified atom stereocenters. The van der Waals surface area contributed by atoms with E-state index in [2.05, 4.69) is 18.4 Å². The quantitative estimate of drug-likeness (QED) is 0.691. The molecule has 0 spiro atoms. The van der Waals surface area contributed by atoms with Crippen LogP contribution in [0.4, 0.5) is 0 Å². The van der Waals surface area contributed by atoms with Crippen molar-refractivity contribution in [1.29, 1.82) is 0 Å². The molecule has 0 aliphatic heterocycles. The predicted molar refractivity (Wildman–Crippen MR) is 70.6 cm³/mol. The lowest BCUT2D eigenvalue weighted by Crippen LogP contribution is -2.27. The van der Waals surface area contributed by atoms with Crippen LogP contribution in [0.3, 0.4) is 0 Å². The lowest BCUT2D eigenvalue weighted by atomic mass is 9.84. The third kappa shape index (κ3) is 3.35. The fraction of sp³-hybridized carbons (Fsp3) is 0.867. The van der Waals surface area contributed by atoms with Gasteiger partial charge in [0, 0.05) is 6.04 Å². The molecular weight excluding hydrogens is 194 g/mol. The molecule has 2 aliphatic rings. The van der Waals surface area contributed by atoms with Gasteiger partial charge in [0.05, 0.1) is 0 Å². The minimum Gasteiger partial charge on any atom is -0.313 e. The fourth-order valence-corrected chi connectivity index (χ4v) is 3.41. The molecule has 2 rings (SSSR count). The Bertz CT molecular complexity index is 226. The van der Waals surface area contributed by atoms with Crippen molar-refractivity contribution in [2.24, 2.45) is 5.92 Å². The molecule has 1 atom stereocenters. The summed E-state index contributed by atoms with van der Waals surface area (Å²) in [7, 11) is 2.13. The van der Waals surface area contributed by atoms with E-state index in [1.807, 2.05) is 0 Å². The van der Waals surface area contributed by atoms with Gasteiger partial charge in [0.25, 0.3) is 0 Å². The number of rotatable bonds is 5. The van der Waals surface area contributed by atoms with Gasteiger partial charge in [0.15, 0.2) is 0 Å². The first-order valence-corrected chi connectivity index (χ1v) is 7.26. The van der Waals surface area contributed by atoms with E-state index >= 15 is 0 Å². The fourth-order valence-electron chi connectivity index (χ4n) is 3.41. The van der Waals surface area contributed by atoms with Crippen LogP contribution in [0.25, 0.3) is 0 Å². The van der Waals surface area contributed by atoms with E-state index in [1.54, 1.807) is 5.57 Å². The Morgan fingerprint density at radius 3 is 2.69 bits per heavy atom. The Balaban J connectivity index is 1.73. The number of allylic oxidation sites excluding steroid dienone is 1. The van der Waals surface area contributed by atoms with Gasteiger partial charge < -0.3 is 5.32 Å². The van der Waals surface area contributed by atoms with E-state index in [9.17, 15) is 0 Å². The smallest absolute Gasteiger partial charge is 0.0276 e. The Labute approximate surface area is 101 Å². The van der Waals surface area contributed by atoms with Gasteiger partial charge in [-0.3, -0.25) is 0 Å². The van der Waals surface area contributed by atoms with Crippen molar-refractivity contribution in [3.05, 3.63) is 11.6 Å².